The number of phenols is 1. The topological polar surface area (TPSA) is 90.8 Å². The molecule has 1 unspecified atom stereocenters. The van der Waals surface area contributed by atoms with Gasteiger partial charge in [-0.15, -0.1) is 0 Å². The van der Waals surface area contributed by atoms with Crippen LogP contribution < -0.4 is 15.4 Å². The molecule has 0 aliphatic rings. The Kier molecular flexibility index (Phi) is 14.1. The molecular formula is C22H34N2O4. The van der Waals surface area contributed by atoms with E-state index in [0.29, 0.717) is 18.5 Å². The molecule has 156 valence electrons. The van der Waals surface area contributed by atoms with Gasteiger partial charge in [0.2, 0.25) is 6.41 Å². The van der Waals surface area contributed by atoms with Gasteiger partial charge in [-0.3, -0.25) is 4.79 Å². The molecule has 2 aromatic carbocycles. The van der Waals surface area contributed by atoms with Gasteiger partial charge in [-0.25, -0.2) is 0 Å². The average molecular weight is 391 g/mol. The minimum absolute atomic E-state index is 0.0366. The van der Waals surface area contributed by atoms with Gasteiger partial charge in [-0.05, 0) is 48.4 Å². The highest BCUT2D eigenvalue weighted by atomic mass is 16.5. The van der Waals surface area contributed by atoms with Crippen molar-refractivity contribution in [2.24, 2.45) is 0 Å². The largest absolute Gasteiger partial charge is 0.506 e. The molecule has 0 saturated carbocycles. The van der Waals surface area contributed by atoms with Crippen LogP contribution in [0, 0.1) is 0 Å². The van der Waals surface area contributed by atoms with Gasteiger partial charge in [0.05, 0.1) is 18.9 Å². The number of carbonyl (C=O) groups excluding carboxylic acids is 1. The van der Waals surface area contributed by atoms with Gasteiger partial charge in [0, 0.05) is 6.54 Å². The lowest BCUT2D eigenvalue weighted by Gasteiger charge is -2.14. The predicted octanol–water partition coefficient (Wildman–Crippen LogP) is 3.89. The first kappa shape index (κ1) is 25.4. The van der Waals surface area contributed by atoms with Crippen LogP contribution in [0.1, 0.15) is 44.9 Å². The number of hydrogen-bond donors (Lipinski definition) is 4. The van der Waals surface area contributed by atoms with Gasteiger partial charge in [-0.2, -0.15) is 0 Å². The summed E-state index contributed by atoms with van der Waals surface area (Å²) in [5.74, 6) is 0.791. The Morgan fingerprint density at radius 2 is 1.71 bits per heavy atom. The highest BCUT2D eigenvalue weighted by molar-refractivity contribution is 5.75. The summed E-state index contributed by atoms with van der Waals surface area (Å²) in [6.45, 7) is 9.10. The summed E-state index contributed by atoms with van der Waals surface area (Å²) in [4.78, 5) is 10.5. The van der Waals surface area contributed by atoms with Crippen LogP contribution in [0.2, 0.25) is 0 Å². The number of aliphatic hydroxyl groups excluding tert-OH is 1. The first-order valence-electron chi connectivity index (χ1n) is 9.69. The molecule has 0 aromatic heterocycles. The molecule has 1 amide bonds. The van der Waals surface area contributed by atoms with Crippen molar-refractivity contribution in [3.63, 3.8) is 0 Å². The lowest BCUT2D eigenvalue weighted by Crippen LogP contribution is -2.23. The van der Waals surface area contributed by atoms with Crippen LogP contribution in [0.25, 0.3) is 0 Å². The van der Waals surface area contributed by atoms with Crippen molar-refractivity contribution in [1.29, 1.82) is 0 Å². The standard InChI is InChI=1S/C18H22N2O4.2C2H6/c1-24-15-5-2-13(3-6-15)8-9-19-11-18(23)14-4-7-17(22)16(10-14)20-12-21;2*1-2/h2-7,10,12,18-19,22-23H,8-9,11H2,1H3,(H,20,21);2*1-2H3. The molecule has 1 atom stereocenters. The molecule has 2 aromatic rings. The third-order valence-electron chi connectivity index (χ3n) is 3.71. The molecule has 0 aliphatic heterocycles. The van der Waals surface area contributed by atoms with E-state index in [4.69, 9.17) is 4.74 Å². The highest BCUT2D eigenvalue weighted by Gasteiger charge is 2.10. The van der Waals surface area contributed by atoms with Crippen molar-refractivity contribution in [1.82, 2.24) is 5.32 Å². The van der Waals surface area contributed by atoms with Crippen LogP contribution >= 0.6 is 0 Å². The third kappa shape index (κ3) is 8.88. The van der Waals surface area contributed by atoms with Gasteiger partial charge in [0.25, 0.3) is 0 Å². The van der Waals surface area contributed by atoms with E-state index in [1.165, 1.54) is 11.6 Å². The molecule has 0 saturated heterocycles. The summed E-state index contributed by atoms with van der Waals surface area (Å²) in [6, 6.07) is 12.5. The monoisotopic (exact) mass is 390 g/mol. The second-order valence-corrected chi connectivity index (χ2v) is 5.36. The Morgan fingerprint density at radius 1 is 1.07 bits per heavy atom. The van der Waals surface area contributed by atoms with Crippen LogP contribution in [0.4, 0.5) is 5.69 Å². The molecule has 0 heterocycles. The fraction of sp³-hybridized carbons (Fsp3) is 0.409. The van der Waals surface area contributed by atoms with Crippen molar-refractivity contribution >= 4 is 12.1 Å². The highest BCUT2D eigenvalue weighted by Crippen LogP contribution is 2.26. The lowest BCUT2D eigenvalue weighted by molar-refractivity contribution is -0.105. The van der Waals surface area contributed by atoms with Gasteiger partial charge < -0.3 is 25.6 Å². The Labute approximate surface area is 168 Å². The van der Waals surface area contributed by atoms with E-state index in [-0.39, 0.29) is 11.4 Å². The Balaban J connectivity index is 0.00000171. The summed E-state index contributed by atoms with van der Waals surface area (Å²) in [7, 11) is 1.64. The van der Waals surface area contributed by atoms with Crippen LogP contribution in [-0.4, -0.2) is 36.8 Å². The Bertz CT molecular complexity index is 660. The van der Waals surface area contributed by atoms with E-state index in [0.717, 1.165) is 18.7 Å². The summed E-state index contributed by atoms with van der Waals surface area (Å²) in [5, 5.41) is 25.4. The second-order valence-electron chi connectivity index (χ2n) is 5.36. The zero-order valence-corrected chi connectivity index (χ0v) is 17.5. The maximum atomic E-state index is 10.5. The van der Waals surface area contributed by atoms with Gasteiger partial charge >= 0.3 is 0 Å². The first-order chi connectivity index (χ1) is 13.6. The Morgan fingerprint density at radius 3 is 2.29 bits per heavy atom. The average Bonchev–Trinajstić information content (AvgIpc) is 2.76. The van der Waals surface area contributed by atoms with Crippen LogP contribution in [0.5, 0.6) is 11.5 Å². The fourth-order valence-electron chi connectivity index (χ4n) is 2.32. The molecule has 0 radical (unpaired) electrons. The molecule has 6 heteroatoms. The minimum Gasteiger partial charge on any atom is -0.506 e. The summed E-state index contributed by atoms with van der Waals surface area (Å²) in [5.41, 5.74) is 2.08. The van der Waals surface area contributed by atoms with E-state index in [1.807, 2.05) is 52.0 Å². The zero-order chi connectivity index (χ0) is 21.4. The number of phenolic OH excluding ortho intramolecular Hbond substituents is 1. The van der Waals surface area contributed by atoms with Crippen LogP contribution in [-0.2, 0) is 11.2 Å². The minimum atomic E-state index is -0.728. The van der Waals surface area contributed by atoms with Crippen molar-refractivity contribution in [3.8, 4) is 11.5 Å². The van der Waals surface area contributed by atoms with Crippen LogP contribution in [0.3, 0.4) is 0 Å². The lowest BCUT2D eigenvalue weighted by atomic mass is 10.1. The van der Waals surface area contributed by atoms with Gasteiger partial charge in [-0.1, -0.05) is 45.9 Å². The maximum absolute atomic E-state index is 10.5. The van der Waals surface area contributed by atoms with E-state index in [2.05, 4.69) is 10.6 Å². The van der Waals surface area contributed by atoms with Gasteiger partial charge in [0.1, 0.15) is 11.5 Å². The third-order valence-corrected chi connectivity index (χ3v) is 3.71. The summed E-state index contributed by atoms with van der Waals surface area (Å²) < 4.78 is 5.12. The number of aliphatic hydroxyl groups is 1. The van der Waals surface area contributed by atoms with Crippen molar-refractivity contribution in [2.45, 2.75) is 40.2 Å². The number of benzene rings is 2. The van der Waals surface area contributed by atoms with E-state index < -0.39 is 6.10 Å². The normalized spacial score (nSPS) is 10.5. The van der Waals surface area contributed by atoms with E-state index in [9.17, 15) is 15.0 Å². The van der Waals surface area contributed by atoms with Crippen LogP contribution in [0.15, 0.2) is 42.5 Å². The molecule has 4 N–H and O–H groups in total. The number of aromatic hydroxyl groups is 1. The molecule has 0 fully saturated rings. The molecule has 0 spiro atoms. The number of amides is 1. The van der Waals surface area contributed by atoms with Crippen molar-refractivity contribution in [2.75, 3.05) is 25.5 Å². The quantitative estimate of drug-likeness (QED) is 0.296. The van der Waals surface area contributed by atoms with E-state index in [1.54, 1.807) is 19.2 Å². The first-order valence-corrected chi connectivity index (χ1v) is 9.69. The smallest absolute Gasteiger partial charge is 0.211 e. The molecule has 0 aliphatic carbocycles. The molecule has 0 bridgehead atoms. The number of carbonyl (C=O) groups is 1. The Hall–Kier alpha value is -2.57. The van der Waals surface area contributed by atoms with E-state index >= 15 is 0 Å². The number of ether oxygens (including phenoxy) is 1. The summed E-state index contributed by atoms with van der Waals surface area (Å²) >= 11 is 0. The second kappa shape index (κ2) is 15.5. The molecular weight excluding hydrogens is 356 g/mol. The molecule has 28 heavy (non-hydrogen) atoms. The number of methoxy groups -OCH3 is 1. The number of hydrogen-bond acceptors (Lipinski definition) is 5. The predicted molar refractivity (Wildman–Crippen MR) is 115 cm³/mol. The van der Waals surface area contributed by atoms with Crippen molar-refractivity contribution in [3.05, 3.63) is 53.6 Å². The number of nitrogens with one attached hydrogen (secondary N) is 2. The molecule has 6 nitrogen and oxygen atoms in total. The maximum Gasteiger partial charge on any atom is 0.211 e. The SMILES string of the molecule is CC.CC.COc1ccc(CCNCC(O)c2ccc(O)c(NC=O)c2)cc1. The zero-order valence-electron chi connectivity index (χ0n) is 17.5. The molecule has 2 rings (SSSR count). The van der Waals surface area contributed by atoms with Crippen molar-refractivity contribution < 1.29 is 19.7 Å². The summed E-state index contributed by atoms with van der Waals surface area (Å²) in [6.07, 6.45) is 0.594. The fourth-order valence-corrected chi connectivity index (χ4v) is 2.32. The number of anilines is 1. The van der Waals surface area contributed by atoms with Gasteiger partial charge in [0.15, 0.2) is 0 Å². The number of rotatable bonds is 9.